The van der Waals surface area contributed by atoms with E-state index in [0.717, 1.165) is 38.5 Å². The number of hydrogen-bond acceptors (Lipinski definition) is 10. The van der Waals surface area contributed by atoms with Gasteiger partial charge in [-0.25, -0.2) is 4.79 Å². The number of methoxy groups -OCH3 is 1. The average molecular weight is 679 g/mol. The van der Waals surface area contributed by atoms with Crippen molar-refractivity contribution in [1.82, 2.24) is 0 Å². The van der Waals surface area contributed by atoms with Crippen LogP contribution in [0.2, 0.25) is 0 Å². The number of hydrogen-bond donors (Lipinski definition) is 6. The van der Waals surface area contributed by atoms with Gasteiger partial charge in [-0.3, -0.25) is 9.59 Å². The molecule has 0 spiro atoms. The molecule has 1 aliphatic heterocycles. The summed E-state index contributed by atoms with van der Waals surface area (Å²) in [5.74, 6) is -4.43. The van der Waals surface area contributed by atoms with Gasteiger partial charge in [0.2, 0.25) is 0 Å². The first kappa shape index (κ1) is 35.7. The van der Waals surface area contributed by atoms with Gasteiger partial charge in [-0.05, 0) is 97.2 Å². The number of aliphatic hydroxyl groups excluding tert-OH is 4. The molecule has 3 unspecified atom stereocenters. The second kappa shape index (κ2) is 11.7. The molecule has 15 atom stereocenters. The maximum atomic E-state index is 13.5. The van der Waals surface area contributed by atoms with Crippen molar-refractivity contribution in [2.75, 3.05) is 7.11 Å². The van der Waals surface area contributed by atoms with E-state index in [1.165, 1.54) is 12.7 Å². The normalized spacial score (nSPS) is 51.2. The molecule has 270 valence electrons. The zero-order chi connectivity index (χ0) is 35.4. The Morgan fingerprint density at radius 2 is 1.52 bits per heavy atom. The highest BCUT2D eigenvalue weighted by atomic mass is 16.7. The van der Waals surface area contributed by atoms with Crippen LogP contribution in [0.1, 0.15) is 92.4 Å². The number of esters is 1. The number of rotatable bonds is 5. The number of carboxylic acid groups (broad SMARTS) is 2. The standard InChI is InChI=1S/C36H54O12/c1-32(2)11-13-36(31(45)46-6)14-12-34(4)17(19(36)15-32)7-8-21-33(3)16-20(37)26(22(28(41)42)18(33)9-10-35(21,34)5)47-30-25(40)23(38)24(39)27(48-30)29(43)44/h7,18-27,30,37-40H,8-16H2,1-6H3,(H,41,42)(H,43,44)/t18?,19?,20-,21?,22-,23-,24-,25+,26-,27-,30+,33-,34+,35+,36-/m0/s1. The molecule has 1 saturated heterocycles. The summed E-state index contributed by atoms with van der Waals surface area (Å²) >= 11 is 0. The highest BCUT2D eigenvalue weighted by molar-refractivity contribution is 5.78. The van der Waals surface area contributed by atoms with E-state index < -0.39 is 77.5 Å². The van der Waals surface area contributed by atoms with E-state index in [1.807, 2.05) is 0 Å². The summed E-state index contributed by atoms with van der Waals surface area (Å²) in [6, 6.07) is 0. The van der Waals surface area contributed by atoms with Crippen LogP contribution >= 0.6 is 0 Å². The van der Waals surface area contributed by atoms with Gasteiger partial charge < -0.3 is 44.8 Å². The average Bonchev–Trinajstić information content (AvgIpc) is 3.00. The van der Waals surface area contributed by atoms with Gasteiger partial charge in [0.25, 0.3) is 0 Å². The van der Waals surface area contributed by atoms with E-state index in [4.69, 9.17) is 14.2 Å². The number of fused-ring (bicyclic) bond motifs is 7. The van der Waals surface area contributed by atoms with Crippen LogP contribution in [0.5, 0.6) is 0 Å². The number of aliphatic carboxylic acids is 2. The highest BCUT2D eigenvalue weighted by Crippen LogP contribution is 2.75. The fraction of sp³-hybridized carbons (Fsp3) is 0.861. The molecule has 12 nitrogen and oxygen atoms in total. The summed E-state index contributed by atoms with van der Waals surface area (Å²) in [5.41, 5.74) is -0.255. The Morgan fingerprint density at radius 1 is 0.854 bits per heavy atom. The van der Waals surface area contributed by atoms with Crippen molar-refractivity contribution >= 4 is 17.9 Å². The molecule has 0 aromatic rings. The van der Waals surface area contributed by atoms with Crippen molar-refractivity contribution in [1.29, 1.82) is 0 Å². The van der Waals surface area contributed by atoms with Crippen molar-refractivity contribution in [2.24, 2.45) is 50.7 Å². The van der Waals surface area contributed by atoms with Gasteiger partial charge in [0, 0.05) is 0 Å². The molecule has 0 aromatic heterocycles. The molecule has 0 amide bonds. The minimum absolute atomic E-state index is 0.0158. The van der Waals surface area contributed by atoms with Gasteiger partial charge in [-0.15, -0.1) is 0 Å². The van der Waals surface area contributed by atoms with E-state index in [0.29, 0.717) is 12.8 Å². The van der Waals surface area contributed by atoms with E-state index in [9.17, 15) is 45.0 Å². The molecular weight excluding hydrogens is 624 g/mol. The molecule has 0 radical (unpaired) electrons. The summed E-state index contributed by atoms with van der Waals surface area (Å²) in [6.45, 7) is 11.3. The molecule has 0 bridgehead atoms. The molecule has 5 aliphatic carbocycles. The topological polar surface area (TPSA) is 200 Å². The van der Waals surface area contributed by atoms with E-state index in [1.54, 1.807) is 0 Å². The molecule has 6 rings (SSSR count). The molecule has 5 fully saturated rings. The number of ether oxygens (including phenoxy) is 3. The van der Waals surface area contributed by atoms with Gasteiger partial charge >= 0.3 is 17.9 Å². The number of carbonyl (C=O) groups is 3. The summed E-state index contributed by atoms with van der Waals surface area (Å²) < 4.78 is 16.7. The van der Waals surface area contributed by atoms with Crippen LogP contribution in [0.3, 0.4) is 0 Å². The lowest BCUT2D eigenvalue weighted by molar-refractivity contribution is -0.325. The minimum atomic E-state index is -1.92. The largest absolute Gasteiger partial charge is 0.481 e. The second-order valence-electron chi connectivity index (χ2n) is 17.4. The van der Waals surface area contributed by atoms with Crippen molar-refractivity contribution in [2.45, 2.75) is 135 Å². The van der Waals surface area contributed by atoms with Crippen LogP contribution < -0.4 is 0 Å². The zero-order valence-electron chi connectivity index (χ0n) is 28.9. The quantitative estimate of drug-likeness (QED) is 0.141. The van der Waals surface area contributed by atoms with Gasteiger partial charge in [-0.2, -0.15) is 0 Å². The summed E-state index contributed by atoms with van der Waals surface area (Å²) in [5, 5.41) is 62.9. The van der Waals surface area contributed by atoms with Crippen molar-refractivity contribution in [3.8, 4) is 0 Å². The molecule has 6 N–H and O–H groups in total. The fourth-order valence-corrected chi connectivity index (χ4v) is 11.9. The Balaban J connectivity index is 1.34. The van der Waals surface area contributed by atoms with Crippen LogP contribution in [-0.2, 0) is 28.6 Å². The molecule has 6 aliphatic rings. The first-order valence-corrected chi connectivity index (χ1v) is 17.6. The summed E-state index contributed by atoms with van der Waals surface area (Å²) in [4.78, 5) is 38.3. The minimum Gasteiger partial charge on any atom is -0.481 e. The van der Waals surface area contributed by atoms with Crippen molar-refractivity contribution < 1.29 is 59.2 Å². The third-order valence-corrected chi connectivity index (χ3v) is 14.8. The Kier molecular flexibility index (Phi) is 8.73. The zero-order valence-corrected chi connectivity index (χ0v) is 28.9. The Bertz CT molecular complexity index is 1360. The third kappa shape index (κ3) is 4.94. The van der Waals surface area contributed by atoms with Crippen LogP contribution in [0.15, 0.2) is 11.6 Å². The first-order valence-electron chi connectivity index (χ1n) is 17.6. The maximum absolute atomic E-state index is 13.5. The van der Waals surface area contributed by atoms with Gasteiger partial charge in [0.15, 0.2) is 12.4 Å². The van der Waals surface area contributed by atoms with Crippen molar-refractivity contribution in [3.63, 3.8) is 0 Å². The lowest BCUT2D eigenvalue weighted by atomic mass is 9.34. The SMILES string of the molecule is COC(=O)[C@]12CCC(C)(C)CC1C1=CCC3[C@@]4(C)C[C@H](O)[C@H](O[C@@H]5O[C@H](C(=O)O)[C@@H](O)[C@H](O)[C@H]5O)[C@@H](C(=O)O)C4CC[C@@]3(C)[C@]1(C)CC2. The Labute approximate surface area is 281 Å². The molecule has 1 heterocycles. The van der Waals surface area contributed by atoms with E-state index in [-0.39, 0.29) is 40.5 Å². The molecular formula is C36H54O12. The Hall–Kier alpha value is -2.09. The molecule has 48 heavy (non-hydrogen) atoms. The number of carboxylic acids is 2. The van der Waals surface area contributed by atoms with E-state index in [2.05, 4.69) is 40.7 Å². The third-order valence-electron chi connectivity index (χ3n) is 14.8. The van der Waals surface area contributed by atoms with Gasteiger partial charge in [0.1, 0.15) is 24.4 Å². The van der Waals surface area contributed by atoms with Gasteiger partial charge in [0.05, 0.1) is 24.5 Å². The first-order chi connectivity index (χ1) is 22.3. The molecule has 4 saturated carbocycles. The predicted molar refractivity (Wildman–Crippen MR) is 169 cm³/mol. The van der Waals surface area contributed by atoms with Crippen LogP contribution in [0.4, 0.5) is 0 Å². The summed E-state index contributed by atoms with van der Waals surface area (Å²) in [6.07, 6.45) is -3.36. The number of carbonyl (C=O) groups excluding carboxylic acids is 1. The monoisotopic (exact) mass is 678 g/mol. The summed E-state index contributed by atoms with van der Waals surface area (Å²) in [7, 11) is 1.48. The smallest absolute Gasteiger partial charge is 0.335 e. The molecule has 0 aromatic carbocycles. The van der Waals surface area contributed by atoms with Crippen LogP contribution in [-0.4, -0.2) is 98.6 Å². The number of aliphatic hydroxyl groups is 4. The van der Waals surface area contributed by atoms with Gasteiger partial charge in [-0.1, -0.05) is 46.3 Å². The lowest BCUT2D eigenvalue weighted by Gasteiger charge is -2.70. The molecule has 12 heteroatoms. The lowest BCUT2D eigenvalue weighted by Crippen LogP contribution is -2.67. The van der Waals surface area contributed by atoms with Crippen LogP contribution in [0, 0.1) is 50.7 Å². The Morgan fingerprint density at radius 3 is 2.15 bits per heavy atom. The highest BCUT2D eigenvalue weighted by Gasteiger charge is 2.70. The number of allylic oxidation sites excluding steroid dienone is 2. The fourth-order valence-electron chi connectivity index (χ4n) is 11.9. The predicted octanol–water partition coefficient (Wildman–Crippen LogP) is 2.88. The van der Waals surface area contributed by atoms with Crippen molar-refractivity contribution in [3.05, 3.63) is 11.6 Å². The van der Waals surface area contributed by atoms with E-state index >= 15 is 0 Å². The second-order valence-corrected chi connectivity index (χ2v) is 17.4. The maximum Gasteiger partial charge on any atom is 0.335 e. The van der Waals surface area contributed by atoms with Crippen LogP contribution in [0.25, 0.3) is 0 Å².